The number of nitrogens with one attached hydrogen (secondary N) is 1. The van der Waals surface area contributed by atoms with Gasteiger partial charge in [0.05, 0.1) is 12.2 Å². The van der Waals surface area contributed by atoms with Gasteiger partial charge in [0.15, 0.2) is 6.61 Å². The van der Waals surface area contributed by atoms with E-state index in [9.17, 15) is 9.59 Å². The van der Waals surface area contributed by atoms with Crippen molar-refractivity contribution in [2.24, 2.45) is 0 Å². The van der Waals surface area contributed by atoms with E-state index in [1.807, 2.05) is 30.3 Å². The SMILES string of the molecule is CCOC(=O)c1cccc(OCC(=O)NCc2ccccc2)c1. The number of hydrogen-bond donors (Lipinski definition) is 1. The molecular formula is C18H19NO4. The van der Waals surface area contributed by atoms with E-state index in [4.69, 9.17) is 9.47 Å². The molecule has 2 aromatic rings. The van der Waals surface area contributed by atoms with Gasteiger partial charge in [0.1, 0.15) is 5.75 Å². The van der Waals surface area contributed by atoms with Crippen molar-refractivity contribution >= 4 is 11.9 Å². The maximum absolute atomic E-state index is 11.8. The van der Waals surface area contributed by atoms with Crippen LogP contribution >= 0.6 is 0 Å². The molecule has 0 heterocycles. The van der Waals surface area contributed by atoms with E-state index in [-0.39, 0.29) is 12.5 Å². The van der Waals surface area contributed by atoms with Gasteiger partial charge in [-0.2, -0.15) is 0 Å². The summed E-state index contributed by atoms with van der Waals surface area (Å²) in [5.41, 5.74) is 1.42. The van der Waals surface area contributed by atoms with Crippen LogP contribution in [0.3, 0.4) is 0 Å². The Morgan fingerprint density at radius 3 is 2.57 bits per heavy atom. The van der Waals surface area contributed by atoms with E-state index < -0.39 is 5.97 Å². The Bertz CT molecular complexity index is 655. The van der Waals surface area contributed by atoms with Crippen molar-refractivity contribution in [1.82, 2.24) is 5.32 Å². The fourth-order valence-electron chi connectivity index (χ4n) is 1.92. The van der Waals surface area contributed by atoms with Crippen LogP contribution < -0.4 is 10.1 Å². The molecule has 23 heavy (non-hydrogen) atoms. The Kier molecular flexibility index (Phi) is 6.17. The van der Waals surface area contributed by atoms with Gasteiger partial charge in [0, 0.05) is 6.54 Å². The molecule has 1 N–H and O–H groups in total. The molecule has 120 valence electrons. The van der Waals surface area contributed by atoms with Crippen molar-refractivity contribution in [2.75, 3.05) is 13.2 Å². The molecule has 0 fully saturated rings. The average molecular weight is 313 g/mol. The molecule has 0 saturated carbocycles. The summed E-state index contributed by atoms with van der Waals surface area (Å²) in [5, 5.41) is 2.77. The number of carbonyl (C=O) groups excluding carboxylic acids is 2. The van der Waals surface area contributed by atoms with Gasteiger partial charge < -0.3 is 14.8 Å². The third-order valence-electron chi connectivity index (χ3n) is 3.05. The molecule has 2 rings (SSSR count). The minimum atomic E-state index is -0.411. The number of amides is 1. The predicted molar refractivity (Wildman–Crippen MR) is 86.2 cm³/mol. The van der Waals surface area contributed by atoms with Gasteiger partial charge in [0.2, 0.25) is 0 Å². The van der Waals surface area contributed by atoms with Crippen molar-refractivity contribution in [1.29, 1.82) is 0 Å². The highest BCUT2D eigenvalue weighted by Crippen LogP contribution is 2.14. The van der Waals surface area contributed by atoms with Gasteiger partial charge >= 0.3 is 5.97 Å². The second-order valence-electron chi connectivity index (χ2n) is 4.80. The molecule has 0 saturated heterocycles. The standard InChI is InChI=1S/C18H19NO4/c1-2-22-18(21)15-9-6-10-16(11-15)23-13-17(20)19-12-14-7-4-3-5-8-14/h3-11H,2,12-13H2,1H3,(H,19,20). The van der Waals surface area contributed by atoms with Crippen LogP contribution in [0.1, 0.15) is 22.8 Å². The Labute approximate surface area is 135 Å². The normalized spacial score (nSPS) is 9.96. The number of rotatable bonds is 7. The summed E-state index contributed by atoms with van der Waals surface area (Å²) < 4.78 is 10.3. The Morgan fingerprint density at radius 1 is 1.04 bits per heavy atom. The molecule has 0 aliphatic carbocycles. The molecular weight excluding hydrogens is 294 g/mol. The van der Waals surface area contributed by atoms with Crippen molar-refractivity contribution in [3.05, 3.63) is 65.7 Å². The van der Waals surface area contributed by atoms with Crippen LogP contribution in [0.5, 0.6) is 5.75 Å². The molecule has 0 radical (unpaired) electrons. The summed E-state index contributed by atoms with van der Waals surface area (Å²) in [4.78, 5) is 23.4. The lowest BCUT2D eigenvalue weighted by Crippen LogP contribution is -2.28. The Balaban J connectivity index is 1.82. The number of esters is 1. The van der Waals surface area contributed by atoms with Crippen LogP contribution in [0, 0.1) is 0 Å². The second kappa shape index (κ2) is 8.58. The number of ether oxygens (including phenoxy) is 2. The van der Waals surface area contributed by atoms with Crippen LogP contribution in [0.4, 0.5) is 0 Å². The van der Waals surface area contributed by atoms with Crippen LogP contribution in [0.15, 0.2) is 54.6 Å². The summed E-state index contributed by atoms with van der Waals surface area (Å²) in [7, 11) is 0. The summed E-state index contributed by atoms with van der Waals surface area (Å²) in [6.07, 6.45) is 0. The van der Waals surface area contributed by atoms with Gasteiger partial charge in [-0.3, -0.25) is 4.79 Å². The zero-order valence-electron chi connectivity index (χ0n) is 13.0. The first-order valence-corrected chi connectivity index (χ1v) is 7.39. The molecule has 2 aromatic carbocycles. The predicted octanol–water partition coefficient (Wildman–Crippen LogP) is 2.56. The fraction of sp³-hybridized carbons (Fsp3) is 0.222. The molecule has 0 bridgehead atoms. The van der Waals surface area contributed by atoms with E-state index in [0.29, 0.717) is 24.5 Å². The van der Waals surface area contributed by atoms with Gasteiger partial charge in [-0.1, -0.05) is 36.4 Å². The fourth-order valence-corrected chi connectivity index (χ4v) is 1.92. The topological polar surface area (TPSA) is 64.6 Å². The average Bonchev–Trinajstić information content (AvgIpc) is 2.59. The summed E-state index contributed by atoms with van der Waals surface area (Å²) in [6, 6.07) is 16.2. The van der Waals surface area contributed by atoms with Crippen LogP contribution in [0.25, 0.3) is 0 Å². The molecule has 1 amide bonds. The lowest BCUT2D eigenvalue weighted by atomic mass is 10.2. The van der Waals surface area contributed by atoms with E-state index in [1.165, 1.54) is 0 Å². The zero-order valence-corrected chi connectivity index (χ0v) is 13.0. The maximum atomic E-state index is 11.8. The molecule has 0 spiro atoms. The summed E-state index contributed by atoms with van der Waals surface area (Å²) >= 11 is 0. The van der Waals surface area contributed by atoms with Crippen molar-refractivity contribution in [3.8, 4) is 5.75 Å². The highest BCUT2D eigenvalue weighted by molar-refractivity contribution is 5.89. The zero-order chi connectivity index (χ0) is 16.5. The first kappa shape index (κ1) is 16.5. The largest absolute Gasteiger partial charge is 0.484 e. The van der Waals surface area contributed by atoms with Crippen LogP contribution in [-0.2, 0) is 16.1 Å². The van der Waals surface area contributed by atoms with E-state index in [0.717, 1.165) is 5.56 Å². The monoisotopic (exact) mass is 313 g/mol. The van der Waals surface area contributed by atoms with Crippen LogP contribution in [-0.4, -0.2) is 25.1 Å². The molecule has 0 unspecified atom stereocenters. The molecule has 0 aromatic heterocycles. The molecule has 0 atom stereocenters. The quantitative estimate of drug-likeness (QED) is 0.798. The second-order valence-corrected chi connectivity index (χ2v) is 4.80. The van der Waals surface area contributed by atoms with Crippen molar-refractivity contribution in [2.45, 2.75) is 13.5 Å². The van der Waals surface area contributed by atoms with E-state index in [1.54, 1.807) is 31.2 Å². The van der Waals surface area contributed by atoms with Crippen molar-refractivity contribution < 1.29 is 19.1 Å². The number of carbonyl (C=O) groups is 2. The van der Waals surface area contributed by atoms with Gasteiger partial charge in [-0.15, -0.1) is 0 Å². The minimum Gasteiger partial charge on any atom is -0.484 e. The van der Waals surface area contributed by atoms with Crippen molar-refractivity contribution in [3.63, 3.8) is 0 Å². The first-order chi connectivity index (χ1) is 11.2. The molecule has 5 heteroatoms. The van der Waals surface area contributed by atoms with E-state index >= 15 is 0 Å². The first-order valence-electron chi connectivity index (χ1n) is 7.39. The molecule has 0 aliphatic rings. The highest BCUT2D eigenvalue weighted by atomic mass is 16.5. The Morgan fingerprint density at radius 2 is 1.83 bits per heavy atom. The number of hydrogen-bond acceptors (Lipinski definition) is 4. The van der Waals surface area contributed by atoms with Crippen LogP contribution in [0.2, 0.25) is 0 Å². The van der Waals surface area contributed by atoms with Gasteiger partial charge in [-0.05, 0) is 30.7 Å². The minimum absolute atomic E-state index is 0.112. The van der Waals surface area contributed by atoms with Gasteiger partial charge in [0.25, 0.3) is 5.91 Å². The smallest absolute Gasteiger partial charge is 0.338 e. The lowest BCUT2D eigenvalue weighted by Gasteiger charge is -2.09. The highest BCUT2D eigenvalue weighted by Gasteiger charge is 2.08. The van der Waals surface area contributed by atoms with Gasteiger partial charge in [-0.25, -0.2) is 4.79 Å². The summed E-state index contributed by atoms with van der Waals surface area (Å²) in [5.74, 6) is -0.188. The Hall–Kier alpha value is -2.82. The molecule has 5 nitrogen and oxygen atoms in total. The maximum Gasteiger partial charge on any atom is 0.338 e. The molecule has 0 aliphatic heterocycles. The number of benzene rings is 2. The summed E-state index contributed by atoms with van der Waals surface area (Å²) in [6.45, 7) is 2.39. The third-order valence-corrected chi connectivity index (χ3v) is 3.05. The third kappa shape index (κ3) is 5.47. The van der Waals surface area contributed by atoms with E-state index in [2.05, 4.69) is 5.32 Å². The lowest BCUT2D eigenvalue weighted by molar-refractivity contribution is -0.123.